The van der Waals surface area contributed by atoms with Crippen molar-refractivity contribution in [3.8, 4) is 0 Å². The van der Waals surface area contributed by atoms with Gasteiger partial charge in [0.1, 0.15) is 11.9 Å². The molecule has 0 spiro atoms. The molecule has 1 aromatic rings. The van der Waals surface area contributed by atoms with Crippen LogP contribution in [0.1, 0.15) is 6.23 Å². The molecular formula is C9H13FN4O4. The first-order valence-electron chi connectivity index (χ1n) is 5.13. The fourth-order valence-electron chi connectivity index (χ4n) is 1.75. The number of aliphatic hydroxyl groups is 2. The van der Waals surface area contributed by atoms with Gasteiger partial charge >= 0.3 is 5.69 Å². The second-order valence-corrected chi connectivity index (χ2v) is 4.05. The number of nitrogen functional groups attached to an aromatic ring is 1. The Bertz CT molecular complexity index is 510. The zero-order valence-electron chi connectivity index (χ0n) is 9.23. The minimum absolute atomic E-state index is 0.0219. The zero-order chi connectivity index (χ0) is 13.5. The number of nitrogens with zero attached hydrogens (tertiary/aromatic N) is 2. The van der Waals surface area contributed by atoms with E-state index in [9.17, 15) is 14.3 Å². The molecule has 2 rings (SSSR count). The van der Waals surface area contributed by atoms with E-state index >= 15 is 0 Å². The summed E-state index contributed by atoms with van der Waals surface area (Å²) in [4.78, 5) is 14.9. The van der Waals surface area contributed by atoms with Crippen LogP contribution in [0.2, 0.25) is 0 Å². The Kier molecular flexibility index (Phi) is 3.07. The lowest BCUT2D eigenvalue weighted by atomic mass is 10.1. The van der Waals surface area contributed by atoms with Gasteiger partial charge in [-0.1, -0.05) is 0 Å². The summed E-state index contributed by atoms with van der Waals surface area (Å²) in [5.41, 5.74) is 7.98. The van der Waals surface area contributed by atoms with Crippen molar-refractivity contribution in [1.82, 2.24) is 9.55 Å². The summed E-state index contributed by atoms with van der Waals surface area (Å²) < 4.78 is 19.7. The van der Waals surface area contributed by atoms with Crippen LogP contribution in [0.5, 0.6) is 0 Å². The van der Waals surface area contributed by atoms with Gasteiger partial charge in [-0.15, -0.1) is 0 Å². The summed E-state index contributed by atoms with van der Waals surface area (Å²) in [6.45, 7) is -0.789. The summed E-state index contributed by atoms with van der Waals surface area (Å²) in [5, 5.41) is 18.5. The molecule has 0 radical (unpaired) electrons. The predicted octanol–water partition coefficient (Wildman–Crippen LogP) is -2.30. The van der Waals surface area contributed by atoms with Gasteiger partial charge in [0.2, 0.25) is 0 Å². The second-order valence-electron chi connectivity index (χ2n) is 4.05. The highest BCUT2D eigenvalue weighted by Gasteiger charge is 2.53. The van der Waals surface area contributed by atoms with E-state index in [4.69, 9.17) is 21.3 Å². The van der Waals surface area contributed by atoms with E-state index in [1.54, 1.807) is 0 Å². The SMILES string of the molecule is Nc1ccn(C2OC(N)(CO)C(O)C2F)c(=O)n1. The molecule has 0 aliphatic carbocycles. The van der Waals surface area contributed by atoms with Gasteiger partial charge in [0.25, 0.3) is 0 Å². The van der Waals surface area contributed by atoms with Crippen molar-refractivity contribution in [3.63, 3.8) is 0 Å². The van der Waals surface area contributed by atoms with Crippen molar-refractivity contribution in [2.24, 2.45) is 5.73 Å². The lowest BCUT2D eigenvalue weighted by Gasteiger charge is -2.24. The van der Waals surface area contributed by atoms with Gasteiger partial charge in [-0.3, -0.25) is 10.3 Å². The third-order valence-electron chi connectivity index (χ3n) is 2.79. The number of aromatic nitrogens is 2. The third kappa shape index (κ3) is 1.86. The first kappa shape index (κ1) is 12.9. The summed E-state index contributed by atoms with van der Waals surface area (Å²) in [5.74, 6) is -0.0219. The molecular weight excluding hydrogens is 247 g/mol. The van der Waals surface area contributed by atoms with Crippen LogP contribution in [0, 0.1) is 0 Å². The maximum Gasteiger partial charge on any atom is 0.351 e. The molecule has 2 heterocycles. The molecule has 0 bridgehead atoms. The fourth-order valence-corrected chi connectivity index (χ4v) is 1.75. The van der Waals surface area contributed by atoms with Crippen molar-refractivity contribution in [3.05, 3.63) is 22.7 Å². The van der Waals surface area contributed by atoms with Crippen molar-refractivity contribution >= 4 is 5.82 Å². The van der Waals surface area contributed by atoms with Crippen LogP contribution in [0.3, 0.4) is 0 Å². The van der Waals surface area contributed by atoms with Crippen LogP contribution in [0.25, 0.3) is 0 Å². The number of alkyl halides is 1. The van der Waals surface area contributed by atoms with E-state index < -0.39 is 36.5 Å². The topological polar surface area (TPSA) is 137 Å². The molecule has 1 saturated heterocycles. The van der Waals surface area contributed by atoms with Crippen molar-refractivity contribution in [2.45, 2.75) is 24.2 Å². The molecule has 0 amide bonds. The molecule has 100 valence electrons. The number of halogens is 1. The number of rotatable bonds is 2. The third-order valence-corrected chi connectivity index (χ3v) is 2.79. The number of hydrogen-bond donors (Lipinski definition) is 4. The molecule has 1 aliphatic heterocycles. The summed E-state index contributed by atoms with van der Waals surface area (Å²) >= 11 is 0. The average molecular weight is 260 g/mol. The summed E-state index contributed by atoms with van der Waals surface area (Å²) in [6, 6.07) is 1.28. The molecule has 1 aromatic heterocycles. The Labute approximate surface area is 101 Å². The summed E-state index contributed by atoms with van der Waals surface area (Å²) in [6.07, 6.45) is -4.00. The number of hydrogen-bond acceptors (Lipinski definition) is 7. The highest BCUT2D eigenvalue weighted by Crippen LogP contribution is 2.34. The van der Waals surface area contributed by atoms with Crippen molar-refractivity contribution in [1.29, 1.82) is 0 Å². The number of anilines is 1. The van der Waals surface area contributed by atoms with Crippen LogP contribution in [-0.4, -0.2) is 44.4 Å². The van der Waals surface area contributed by atoms with Crippen molar-refractivity contribution in [2.75, 3.05) is 12.3 Å². The first-order valence-corrected chi connectivity index (χ1v) is 5.13. The van der Waals surface area contributed by atoms with Crippen LogP contribution in [-0.2, 0) is 4.74 Å². The molecule has 1 fully saturated rings. The van der Waals surface area contributed by atoms with E-state index in [0.717, 1.165) is 4.57 Å². The summed E-state index contributed by atoms with van der Waals surface area (Å²) in [7, 11) is 0. The second kappa shape index (κ2) is 4.28. The lowest BCUT2D eigenvalue weighted by molar-refractivity contribution is -0.125. The molecule has 0 saturated carbocycles. The van der Waals surface area contributed by atoms with E-state index in [-0.39, 0.29) is 5.82 Å². The standard InChI is InChI=1S/C9H13FN4O4/c10-5-6(16)9(12,3-15)18-7(5)14-2-1-4(11)13-8(14)17/h1-2,5-7,15-16H,3,12H2,(H2,11,13,17). The molecule has 4 atom stereocenters. The van der Waals surface area contributed by atoms with E-state index in [2.05, 4.69) is 4.98 Å². The van der Waals surface area contributed by atoms with Gasteiger partial charge in [-0.05, 0) is 6.07 Å². The van der Waals surface area contributed by atoms with Gasteiger partial charge in [0, 0.05) is 6.20 Å². The number of nitrogens with two attached hydrogens (primary N) is 2. The van der Waals surface area contributed by atoms with Gasteiger partial charge in [0.05, 0.1) is 6.61 Å². The fraction of sp³-hybridized carbons (Fsp3) is 0.556. The maximum atomic E-state index is 13.8. The highest BCUT2D eigenvalue weighted by molar-refractivity contribution is 5.23. The quantitative estimate of drug-likeness (QED) is 0.469. The molecule has 0 aromatic carbocycles. The minimum atomic E-state index is -1.97. The molecule has 18 heavy (non-hydrogen) atoms. The van der Waals surface area contributed by atoms with Crippen molar-refractivity contribution < 1.29 is 19.3 Å². The van der Waals surface area contributed by atoms with Gasteiger partial charge in [-0.2, -0.15) is 4.98 Å². The molecule has 8 nitrogen and oxygen atoms in total. The average Bonchev–Trinajstić information content (AvgIpc) is 2.55. The van der Waals surface area contributed by atoms with Gasteiger partial charge in [0.15, 0.2) is 18.1 Å². The van der Waals surface area contributed by atoms with E-state index in [1.165, 1.54) is 12.3 Å². The first-order chi connectivity index (χ1) is 8.39. The lowest BCUT2D eigenvalue weighted by Crippen LogP contribution is -2.53. The Balaban J connectivity index is 2.38. The smallest absolute Gasteiger partial charge is 0.351 e. The van der Waals surface area contributed by atoms with Crippen LogP contribution < -0.4 is 17.2 Å². The Morgan fingerprint density at radius 3 is 2.83 bits per heavy atom. The zero-order valence-corrected chi connectivity index (χ0v) is 9.23. The van der Waals surface area contributed by atoms with E-state index in [1.807, 2.05) is 0 Å². The Morgan fingerprint density at radius 1 is 1.67 bits per heavy atom. The van der Waals surface area contributed by atoms with Crippen LogP contribution in [0.4, 0.5) is 10.2 Å². The monoisotopic (exact) mass is 260 g/mol. The number of ether oxygens (including phenoxy) is 1. The van der Waals surface area contributed by atoms with Gasteiger partial charge in [-0.25, -0.2) is 9.18 Å². The van der Waals surface area contributed by atoms with Crippen LogP contribution >= 0.6 is 0 Å². The molecule has 4 unspecified atom stereocenters. The minimum Gasteiger partial charge on any atom is -0.392 e. The Hall–Kier alpha value is -1.55. The van der Waals surface area contributed by atoms with Crippen LogP contribution in [0.15, 0.2) is 17.1 Å². The predicted molar refractivity (Wildman–Crippen MR) is 57.9 cm³/mol. The molecule has 9 heteroatoms. The normalized spacial score (nSPS) is 35.9. The largest absolute Gasteiger partial charge is 0.392 e. The van der Waals surface area contributed by atoms with E-state index in [0.29, 0.717) is 0 Å². The Morgan fingerprint density at radius 2 is 2.33 bits per heavy atom. The highest BCUT2D eigenvalue weighted by atomic mass is 19.1. The molecule has 6 N–H and O–H groups in total. The van der Waals surface area contributed by atoms with Gasteiger partial charge < -0.3 is 20.7 Å². The maximum absolute atomic E-state index is 13.8. The number of aliphatic hydroxyl groups excluding tert-OH is 2. The molecule has 1 aliphatic rings.